The Morgan fingerprint density at radius 2 is 1.80 bits per heavy atom. The molecule has 1 aromatic carbocycles. The van der Waals surface area contributed by atoms with Crippen molar-refractivity contribution in [3.8, 4) is 0 Å². The molecule has 0 radical (unpaired) electrons. The molecule has 1 saturated heterocycles. The molecule has 2 heteroatoms. The lowest BCUT2D eigenvalue weighted by Gasteiger charge is -2.41. The molecule has 0 amide bonds. The van der Waals surface area contributed by atoms with Crippen LogP contribution < -0.4 is 5.19 Å². The highest BCUT2D eigenvalue weighted by Gasteiger charge is 2.37. The summed E-state index contributed by atoms with van der Waals surface area (Å²) in [6.45, 7) is 9.24. The molecule has 1 unspecified atom stereocenters. The van der Waals surface area contributed by atoms with E-state index in [1.54, 1.807) is 5.19 Å². The Kier molecular flexibility index (Phi) is 5.45. The van der Waals surface area contributed by atoms with Gasteiger partial charge in [0.25, 0.3) is 0 Å². The van der Waals surface area contributed by atoms with Gasteiger partial charge in [0.05, 0.1) is 21.3 Å². The molecule has 1 aromatic rings. The topological polar surface area (TPSA) is 9.23 Å². The van der Waals surface area contributed by atoms with Crippen LogP contribution in [0, 0.1) is 5.41 Å². The van der Waals surface area contributed by atoms with Gasteiger partial charge in [-0.05, 0) is 12.8 Å². The fourth-order valence-electron chi connectivity index (χ4n) is 3.58. The van der Waals surface area contributed by atoms with E-state index < -0.39 is 8.07 Å². The molecule has 0 aromatic heterocycles. The summed E-state index contributed by atoms with van der Waals surface area (Å²) in [6, 6.07) is 14.2. The Balaban J connectivity index is 1.95. The number of hydrogen-bond donors (Lipinski definition) is 0. The van der Waals surface area contributed by atoms with Crippen LogP contribution in [0.2, 0.25) is 18.6 Å². The van der Waals surface area contributed by atoms with Gasteiger partial charge in [0, 0.05) is 5.41 Å². The van der Waals surface area contributed by atoms with E-state index in [2.05, 4.69) is 50.7 Å². The average Bonchev–Trinajstić information content (AvgIpc) is 2.43. The van der Waals surface area contributed by atoms with Crippen LogP contribution in [0.5, 0.6) is 0 Å². The third-order valence-electron chi connectivity index (χ3n) is 5.27. The molecule has 0 N–H and O–H groups in total. The van der Waals surface area contributed by atoms with E-state index in [1.807, 2.05) is 0 Å². The Morgan fingerprint density at radius 3 is 2.30 bits per heavy atom. The minimum Gasteiger partial charge on any atom is -0.380 e. The molecule has 1 aliphatic rings. The Labute approximate surface area is 125 Å². The van der Waals surface area contributed by atoms with Crippen LogP contribution in [0.25, 0.3) is 0 Å². The first-order chi connectivity index (χ1) is 9.64. The first-order valence-corrected chi connectivity index (χ1v) is 11.2. The molecule has 0 aliphatic carbocycles. The van der Waals surface area contributed by atoms with Gasteiger partial charge in [-0.2, -0.15) is 0 Å². The van der Waals surface area contributed by atoms with E-state index in [1.165, 1.54) is 37.8 Å². The van der Waals surface area contributed by atoms with Crippen LogP contribution in [-0.2, 0) is 4.74 Å². The van der Waals surface area contributed by atoms with Crippen molar-refractivity contribution in [1.82, 2.24) is 0 Å². The maximum Gasteiger partial charge on any atom is 0.0836 e. The second-order valence-corrected chi connectivity index (χ2v) is 11.6. The highest BCUT2D eigenvalue weighted by Crippen LogP contribution is 2.37. The highest BCUT2D eigenvalue weighted by molar-refractivity contribution is 6.90. The van der Waals surface area contributed by atoms with Crippen molar-refractivity contribution in [2.24, 2.45) is 5.41 Å². The molecule has 1 atom stereocenters. The summed E-state index contributed by atoms with van der Waals surface area (Å²) >= 11 is 0. The summed E-state index contributed by atoms with van der Waals surface area (Å²) in [5.74, 6) is 0. The lowest BCUT2D eigenvalue weighted by atomic mass is 9.79. The van der Waals surface area contributed by atoms with E-state index >= 15 is 0 Å². The maximum atomic E-state index is 5.46. The van der Waals surface area contributed by atoms with E-state index in [9.17, 15) is 0 Å². The van der Waals surface area contributed by atoms with Gasteiger partial charge in [-0.25, -0.2) is 0 Å². The molecule has 1 nitrogen and oxygen atoms in total. The second kappa shape index (κ2) is 6.90. The Bertz CT molecular complexity index is 394. The van der Waals surface area contributed by atoms with Gasteiger partial charge in [0.2, 0.25) is 0 Å². The van der Waals surface area contributed by atoms with Crippen molar-refractivity contribution in [1.29, 1.82) is 0 Å². The molecule has 0 spiro atoms. The number of rotatable bonds is 8. The van der Waals surface area contributed by atoms with Gasteiger partial charge in [0.1, 0.15) is 0 Å². The first kappa shape index (κ1) is 15.8. The van der Waals surface area contributed by atoms with Crippen molar-refractivity contribution in [2.75, 3.05) is 13.2 Å². The molecule has 1 aliphatic heterocycles. The fourth-order valence-corrected chi connectivity index (χ4v) is 7.46. The van der Waals surface area contributed by atoms with Gasteiger partial charge in [-0.3, -0.25) is 0 Å². The predicted octanol–water partition coefficient (Wildman–Crippen LogP) is 4.59. The summed E-state index contributed by atoms with van der Waals surface area (Å²) < 4.78 is 5.46. The SMILES string of the molecule is CCC[Si](C)(CCCC1(CC)COC1)c1ccccc1. The maximum absolute atomic E-state index is 5.46. The van der Waals surface area contributed by atoms with Gasteiger partial charge in [0.15, 0.2) is 0 Å². The lowest BCUT2D eigenvalue weighted by Crippen LogP contribution is -2.45. The van der Waals surface area contributed by atoms with Crippen LogP contribution in [0.1, 0.15) is 39.5 Å². The summed E-state index contributed by atoms with van der Waals surface area (Å²) in [4.78, 5) is 0. The zero-order valence-corrected chi connectivity index (χ0v) is 14.5. The molecule has 1 heterocycles. The van der Waals surface area contributed by atoms with Crippen molar-refractivity contribution < 1.29 is 4.74 Å². The van der Waals surface area contributed by atoms with Crippen LogP contribution in [0.3, 0.4) is 0 Å². The number of benzene rings is 1. The minimum absolute atomic E-state index is 0.526. The molecular weight excluding hydrogens is 260 g/mol. The molecule has 1 fully saturated rings. The zero-order valence-electron chi connectivity index (χ0n) is 13.5. The molecule has 0 bridgehead atoms. The van der Waals surface area contributed by atoms with Gasteiger partial charge < -0.3 is 4.74 Å². The monoisotopic (exact) mass is 290 g/mol. The van der Waals surface area contributed by atoms with E-state index in [-0.39, 0.29) is 0 Å². The smallest absolute Gasteiger partial charge is 0.0836 e. The van der Waals surface area contributed by atoms with Crippen LogP contribution >= 0.6 is 0 Å². The van der Waals surface area contributed by atoms with E-state index in [0.717, 1.165) is 13.2 Å². The summed E-state index contributed by atoms with van der Waals surface area (Å²) in [5, 5.41) is 1.65. The van der Waals surface area contributed by atoms with Crippen molar-refractivity contribution in [2.45, 2.75) is 58.2 Å². The average molecular weight is 291 g/mol. The quantitative estimate of drug-likeness (QED) is 0.636. The summed E-state index contributed by atoms with van der Waals surface area (Å²) in [6.07, 6.45) is 5.35. The third-order valence-corrected chi connectivity index (χ3v) is 10.1. The first-order valence-electron chi connectivity index (χ1n) is 8.27. The largest absolute Gasteiger partial charge is 0.380 e. The molecule has 0 saturated carbocycles. The molecule has 20 heavy (non-hydrogen) atoms. The van der Waals surface area contributed by atoms with Crippen molar-refractivity contribution in [3.63, 3.8) is 0 Å². The van der Waals surface area contributed by atoms with E-state index in [0.29, 0.717) is 5.41 Å². The van der Waals surface area contributed by atoms with Gasteiger partial charge in [-0.15, -0.1) is 0 Å². The predicted molar refractivity (Wildman–Crippen MR) is 90.4 cm³/mol. The highest BCUT2D eigenvalue weighted by atomic mass is 28.3. The van der Waals surface area contributed by atoms with E-state index in [4.69, 9.17) is 4.74 Å². The van der Waals surface area contributed by atoms with Crippen LogP contribution in [0.4, 0.5) is 0 Å². The third kappa shape index (κ3) is 3.53. The normalized spacial score (nSPS) is 20.1. The Hall–Kier alpha value is -0.603. The molecular formula is C18H30OSi. The van der Waals surface area contributed by atoms with Gasteiger partial charge >= 0.3 is 0 Å². The second-order valence-electron chi connectivity index (χ2n) is 6.88. The van der Waals surface area contributed by atoms with Crippen molar-refractivity contribution in [3.05, 3.63) is 30.3 Å². The lowest BCUT2D eigenvalue weighted by molar-refractivity contribution is -0.119. The fraction of sp³-hybridized carbons (Fsp3) is 0.667. The van der Waals surface area contributed by atoms with Crippen LogP contribution in [0.15, 0.2) is 30.3 Å². The number of ether oxygens (including phenoxy) is 1. The van der Waals surface area contributed by atoms with Crippen molar-refractivity contribution >= 4 is 13.3 Å². The zero-order chi connectivity index (χ0) is 14.5. The summed E-state index contributed by atoms with van der Waals surface area (Å²) in [7, 11) is -1.27. The molecule has 112 valence electrons. The standard InChI is InChI=1S/C18H30OSi/c1-4-13-20(3,17-10-7-6-8-11-17)14-9-12-18(5-2)15-19-16-18/h6-8,10-11H,4-5,9,12-16H2,1-3H3. The number of hydrogen-bond acceptors (Lipinski definition) is 1. The van der Waals surface area contributed by atoms with Crippen LogP contribution in [-0.4, -0.2) is 21.3 Å². The summed E-state index contributed by atoms with van der Waals surface area (Å²) in [5.41, 5.74) is 0.526. The molecule has 2 rings (SSSR count). The van der Waals surface area contributed by atoms with Gasteiger partial charge in [-0.1, -0.05) is 80.8 Å². The minimum atomic E-state index is -1.27. The Morgan fingerprint density at radius 1 is 1.10 bits per heavy atom.